The lowest BCUT2D eigenvalue weighted by Crippen LogP contribution is -2.17. The highest BCUT2D eigenvalue weighted by Crippen LogP contribution is 2.24. The first-order valence-corrected chi connectivity index (χ1v) is 9.34. The van der Waals surface area contributed by atoms with Crippen molar-refractivity contribution >= 4 is 33.5 Å². The summed E-state index contributed by atoms with van der Waals surface area (Å²) in [6.07, 6.45) is 1.58. The number of fused-ring (bicyclic) bond motifs is 2. The van der Waals surface area contributed by atoms with Crippen molar-refractivity contribution in [3.63, 3.8) is 0 Å². The zero-order valence-corrected chi connectivity index (χ0v) is 15.7. The molecule has 0 aliphatic carbocycles. The van der Waals surface area contributed by atoms with Crippen molar-refractivity contribution in [2.45, 2.75) is 6.54 Å². The predicted molar refractivity (Wildman–Crippen MR) is 111 cm³/mol. The molecule has 3 aromatic carbocycles. The number of aromatic nitrogens is 3. The molecule has 2 heterocycles. The lowest BCUT2D eigenvalue weighted by molar-refractivity contribution is 0.101. The normalized spacial score (nSPS) is 11.3. The highest BCUT2D eigenvalue weighted by atomic mass is 19.1. The summed E-state index contributed by atoms with van der Waals surface area (Å²) in [4.78, 5) is 20.3. The summed E-state index contributed by atoms with van der Waals surface area (Å²) in [5, 5.41) is 3.48. The second-order valence-corrected chi connectivity index (χ2v) is 7.04. The number of hydrogen-bond donors (Lipinski definition) is 2. The fourth-order valence-electron chi connectivity index (χ4n) is 3.63. The molecule has 148 valence electrons. The third kappa shape index (κ3) is 3.30. The van der Waals surface area contributed by atoms with Gasteiger partial charge in [-0.3, -0.25) is 4.79 Å². The zero-order valence-electron chi connectivity index (χ0n) is 15.7. The Kier molecular flexibility index (Phi) is 4.28. The molecule has 0 aliphatic heterocycles. The number of hydrogen-bond acceptors (Lipinski definition) is 2. The standard InChI is InChI=1S/C23H16F2N4O/c24-16-3-1-2-14(8-16)12-29-21-7-4-17(25)9-15(21)10-22(29)23(30)28-18-5-6-19-20(11-18)27-13-26-19/h1-11,13H,12H2,(H,26,27)(H,28,30). The molecule has 0 radical (unpaired) electrons. The topological polar surface area (TPSA) is 62.7 Å². The molecule has 5 rings (SSSR count). The molecule has 0 unspecified atom stereocenters. The van der Waals surface area contributed by atoms with Crippen molar-refractivity contribution in [1.29, 1.82) is 0 Å². The molecule has 2 N–H and O–H groups in total. The van der Waals surface area contributed by atoms with E-state index in [0.717, 1.165) is 11.0 Å². The monoisotopic (exact) mass is 402 g/mol. The Bertz CT molecular complexity index is 1400. The lowest BCUT2D eigenvalue weighted by Gasteiger charge is -2.12. The van der Waals surface area contributed by atoms with Crippen LogP contribution < -0.4 is 5.32 Å². The molecule has 0 fully saturated rings. The van der Waals surface area contributed by atoms with Gasteiger partial charge in [0.05, 0.1) is 17.4 Å². The second-order valence-electron chi connectivity index (χ2n) is 7.04. The van der Waals surface area contributed by atoms with E-state index in [1.165, 1.54) is 24.3 Å². The highest BCUT2D eigenvalue weighted by Gasteiger charge is 2.17. The lowest BCUT2D eigenvalue weighted by atomic mass is 10.2. The summed E-state index contributed by atoms with van der Waals surface area (Å²) in [6, 6.07) is 17.5. The average Bonchev–Trinajstić information content (AvgIpc) is 3.32. The molecule has 1 amide bonds. The maximum atomic E-state index is 13.8. The Balaban J connectivity index is 1.55. The van der Waals surface area contributed by atoms with E-state index in [9.17, 15) is 13.6 Å². The van der Waals surface area contributed by atoms with Crippen LogP contribution in [0.3, 0.4) is 0 Å². The van der Waals surface area contributed by atoms with Gasteiger partial charge in [-0.25, -0.2) is 13.8 Å². The molecule has 0 aliphatic rings. The number of carbonyl (C=O) groups is 1. The summed E-state index contributed by atoms with van der Waals surface area (Å²) in [6.45, 7) is 0.273. The number of imidazole rings is 1. The van der Waals surface area contributed by atoms with E-state index in [0.29, 0.717) is 27.8 Å². The molecule has 0 saturated carbocycles. The predicted octanol–water partition coefficient (Wildman–Crippen LogP) is 5.10. The van der Waals surface area contributed by atoms with Crippen molar-refractivity contribution in [3.05, 3.63) is 95.9 Å². The van der Waals surface area contributed by atoms with Crippen LogP contribution in [0.15, 0.2) is 73.1 Å². The number of nitrogens with one attached hydrogen (secondary N) is 2. The summed E-state index contributed by atoms with van der Waals surface area (Å²) in [5.41, 5.74) is 3.94. The Labute approximate surface area is 170 Å². The van der Waals surface area contributed by atoms with Gasteiger partial charge < -0.3 is 14.9 Å². The van der Waals surface area contributed by atoms with Crippen molar-refractivity contribution in [3.8, 4) is 0 Å². The van der Waals surface area contributed by atoms with Gasteiger partial charge >= 0.3 is 0 Å². The quantitative estimate of drug-likeness (QED) is 0.440. The second kappa shape index (κ2) is 7.11. The minimum atomic E-state index is -0.387. The minimum Gasteiger partial charge on any atom is -0.345 e. The average molecular weight is 402 g/mol. The van der Waals surface area contributed by atoms with E-state index in [1.807, 2.05) is 0 Å². The summed E-state index contributed by atoms with van der Waals surface area (Å²) in [7, 11) is 0. The van der Waals surface area contributed by atoms with Crippen LogP contribution in [0.25, 0.3) is 21.9 Å². The maximum absolute atomic E-state index is 13.8. The number of nitrogens with zero attached hydrogens (tertiary/aromatic N) is 2. The minimum absolute atomic E-state index is 0.273. The van der Waals surface area contributed by atoms with Crippen LogP contribution in [0.5, 0.6) is 0 Å². The molecule has 30 heavy (non-hydrogen) atoms. The maximum Gasteiger partial charge on any atom is 0.272 e. The van der Waals surface area contributed by atoms with Gasteiger partial charge in [0.15, 0.2) is 0 Å². The van der Waals surface area contributed by atoms with Gasteiger partial charge in [-0.2, -0.15) is 0 Å². The third-order valence-corrected chi connectivity index (χ3v) is 5.00. The molecule has 2 aromatic heterocycles. The summed E-state index contributed by atoms with van der Waals surface area (Å²) >= 11 is 0. The highest BCUT2D eigenvalue weighted by molar-refractivity contribution is 6.07. The molecule has 0 atom stereocenters. The van der Waals surface area contributed by atoms with Gasteiger partial charge in [0, 0.05) is 23.1 Å². The van der Waals surface area contributed by atoms with E-state index in [4.69, 9.17) is 0 Å². The number of aromatic amines is 1. The fraction of sp³-hybridized carbons (Fsp3) is 0.0435. The van der Waals surface area contributed by atoms with Crippen molar-refractivity contribution in [1.82, 2.24) is 14.5 Å². The molecule has 5 nitrogen and oxygen atoms in total. The van der Waals surface area contributed by atoms with E-state index >= 15 is 0 Å². The molecule has 0 bridgehead atoms. The Morgan fingerprint density at radius 2 is 1.87 bits per heavy atom. The van der Waals surface area contributed by atoms with Crippen LogP contribution >= 0.6 is 0 Å². The van der Waals surface area contributed by atoms with E-state index in [2.05, 4.69) is 15.3 Å². The van der Waals surface area contributed by atoms with Gasteiger partial charge in [-0.05, 0) is 60.2 Å². The Morgan fingerprint density at radius 3 is 2.73 bits per heavy atom. The van der Waals surface area contributed by atoms with Crippen molar-refractivity contribution < 1.29 is 13.6 Å². The number of anilines is 1. The van der Waals surface area contributed by atoms with Crippen LogP contribution in [0.4, 0.5) is 14.5 Å². The molecule has 0 saturated heterocycles. The molecule has 7 heteroatoms. The van der Waals surface area contributed by atoms with Gasteiger partial charge in [-0.15, -0.1) is 0 Å². The SMILES string of the molecule is O=C(Nc1ccc2nc[nH]c2c1)c1cc2cc(F)ccc2n1Cc1cccc(F)c1. The van der Waals surface area contributed by atoms with Gasteiger partial charge in [0.1, 0.15) is 17.3 Å². The Hall–Kier alpha value is -4.00. The van der Waals surface area contributed by atoms with Crippen molar-refractivity contribution in [2.75, 3.05) is 5.32 Å². The summed E-state index contributed by atoms with van der Waals surface area (Å²) < 4.78 is 29.2. The van der Waals surface area contributed by atoms with Gasteiger partial charge in [0.2, 0.25) is 0 Å². The van der Waals surface area contributed by atoms with Gasteiger partial charge in [-0.1, -0.05) is 12.1 Å². The number of halogens is 2. The smallest absolute Gasteiger partial charge is 0.272 e. The van der Waals surface area contributed by atoms with Crippen LogP contribution in [-0.2, 0) is 6.54 Å². The number of rotatable bonds is 4. The summed E-state index contributed by atoms with van der Waals surface area (Å²) in [5.74, 6) is -1.09. The first kappa shape index (κ1) is 18.1. The van der Waals surface area contributed by atoms with Gasteiger partial charge in [0.25, 0.3) is 5.91 Å². The first-order chi connectivity index (χ1) is 14.6. The largest absolute Gasteiger partial charge is 0.345 e. The van der Waals surface area contributed by atoms with Crippen LogP contribution in [0.1, 0.15) is 16.1 Å². The third-order valence-electron chi connectivity index (χ3n) is 5.00. The molecule has 5 aromatic rings. The van der Waals surface area contributed by atoms with Crippen LogP contribution in [0.2, 0.25) is 0 Å². The van der Waals surface area contributed by atoms with Crippen molar-refractivity contribution in [2.24, 2.45) is 0 Å². The molecular formula is C23H16F2N4O. The van der Waals surface area contributed by atoms with E-state index < -0.39 is 0 Å². The van der Waals surface area contributed by atoms with Crippen LogP contribution in [-0.4, -0.2) is 20.4 Å². The number of carbonyl (C=O) groups excluding carboxylic acids is 1. The fourth-order valence-corrected chi connectivity index (χ4v) is 3.63. The van der Waals surface area contributed by atoms with E-state index in [-0.39, 0.29) is 24.1 Å². The molecule has 0 spiro atoms. The zero-order chi connectivity index (χ0) is 20.7. The Morgan fingerprint density at radius 1 is 1.00 bits per heavy atom. The van der Waals surface area contributed by atoms with Crippen LogP contribution in [0, 0.1) is 11.6 Å². The van der Waals surface area contributed by atoms with E-state index in [1.54, 1.807) is 53.4 Å². The molecular weight excluding hydrogens is 386 g/mol. The number of H-pyrrole nitrogens is 1. The first-order valence-electron chi connectivity index (χ1n) is 9.34. The number of amides is 1. The number of benzene rings is 3.